The Balaban J connectivity index is 2.04. The lowest BCUT2D eigenvalue weighted by Gasteiger charge is -2.12. The van der Waals surface area contributed by atoms with Gasteiger partial charge < -0.3 is 5.73 Å². The molecule has 0 aromatic carbocycles. The highest BCUT2D eigenvalue weighted by atomic mass is 15.4. The van der Waals surface area contributed by atoms with Gasteiger partial charge in [-0.15, -0.1) is 5.10 Å². The van der Waals surface area contributed by atoms with Crippen molar-refractivity contribution in [2.24, 2.45) is 11.7 Å². The molecule has 1 saturated carbocycles. The molecule has 4 heteroatoms. The third-order valence-electron chi connectivity index (χ3n) is 3.02. The maximum Gasteiger partial charge on any atom is 0.0751 e. The van der Waals surface area contributed by atoms with Crippen LogP contribution in [0.3, 0.4) is 0 Å². The Kier molecular flexibility index (Phi) is 2.82. The van der Waals surface area contributed by atoms with Crippen LogP contribution < -0.4 is 5.73 Å². The molecule has 0 aliphatic heterocycles. The van der Waals surface area contributed by atoms with Gasteiger partial charge in [-0.3, -0.25) is 0 Å². The van der Waals surface area contributed by atoms with E-state index in [0.717, 1.165) is 18.2 Å². The average molecular weight is 194 g/mol. The molecule has 1 aromatic rings. The smallest absolute Gasteiger partial charge is 0.0751 e. The number of aromatic nitrogens is 3. The van der Waals surface area contributed by atoms with Crippen LogP contribution in [-0.2, 0) is 6.54 Å². The van der Waals surface area contributed by atoms with Crippen molar-refractivity contribution in [1.29, 1.82) is 0 Å². The summed E-state index contributed by atoms with van der Waals surface area (Å²) in [5.74, 6) is 0.786. The van der Waals surface area contributed by atoms with Crippen molar-refractivity contribution in [1.82, 2.24) is 15.0 Å². The maximum atomic E-state index is 5.83. The lowest BCUT2D eigenvalue weighted by Crippen LogP contribution is -2.16. The number of hydrogen-bond donors (Lipinski definition) is 1. The van der Waals surface area contributed by atoms with Gasteiger partial charge in [-0.25, -0.2) is 4.68 Å². The minimum absolute atomic E-state index is 0.0337. The van der Waals surface area contributed by atoms with Crippen LogP contribution in [0.25, 0.3) is 0 Å². The van der Waals surface area contributed by atoms with Gasteiger partial charge in [0.15, 0.2) is 0 Å². The quantitative estimate of drug-likeness (QED) is 0.793. The van der Waals surface area contributed by atoms with E-state index in [0.29, 0.717) is 0 Å². The molecule has 78 valence electrons. The fourth-order valence-corrected chi connectivity index (χ4v) is 2.20. The summed E-state index contributed by atoms with van der Waals surface area (Å²) in [5.41, 5.74) is 6.89. The van der Waals surface area contributed by atoms with Gasteiger partial charge in [-0.2, -0.15) is 0 Å². The molecule has 0 unspecified atom stereocenters. The first-order chi connectivity index (χ1) is 6.77. The molecule has 2 rings (SSSR count). The summed E-state index contributed by atoms with van der Waals surface area (Å²) >= 11 is 0. The van der Waals surface area contributed by atoms with Gasteiger partial charge in [0.2, 0.25) is 0 Å². The van der Waals surface area contributed by atoms with Crippen molar-refractivity contribution < 1.29 is 0 Å². The Morgan fingerprint density at radius 2 is 2.29 bits per heavy atom. The molecule has 1 aromatic heterocycles. The minimum Gasteiger partial charge on any atom is -0.323 e. The topological polar surface area (TPSA) is 56.7 Å². The summed E-state index contributed by atoms with van der Waals surface area (Å²) in [4.78, 5) is 0. The Bertz CT molecular complexity index is 286. The van der Waals surface area contributed by atoms with Gasteiger partial charge >= 0.3 is 0 Å². The summed E-state index contributed by atoms with van der Waals surface area (Å²) in [5, 5.41) is 8.01. The molecule has 1 aliphatic carbocycles. The Labute approximate surface area is 84.5 Å². The third kappa shape index (κ3) is 1.95. The molecule has 0 spiro atoms. The molecular formula is C10H18N4. The van der Waals surface area contributed by atoms with Crippen LogP contribution in [0.4, 0.5) is 0 Å². The average Bonchev–Trinajstić information content (AvgIpc) is 2.75. The molecule has 1 aliphatic rings. The van der Waals surface area contributed by atoms with E-state index in [4.69, 9.17) is 5.73 Å². The van der Waals surface area contributed by atoms with Crippen LogP contribution >= 0.6 is 0 Å². The standard InChI is InChI=1S/C10H18N4/c1-8(11)10-6-12-13-14(10)7-9-4-2-3-5-9/h6,8-9H,2-5,7,11H2,1H3/t8-/m1/s1. The van der Waals surface area contributed by atoms with Gasteiger partial charge in [-0.1, -0.05) is 18.1 Å². The molecule has 1 fully saturated rings. The predicted molar refractivity (Wildman–Crippen MR) is 54.6 cm³/mol. The van der Waals surface area contributed by atoms with E-state index in [9.17, 15) is 0 Å². The van der Waals surface area contributed by atoms with Gasteiger partial charge in [0.25, 0.3) is 0 Å². The second-order valence-electron chi connectivity index (χ2n) is 4.28. The van der Waals surface area contributed by atoms with Gasteiger partial charge in [0, 0.05) is 12.6 Å². The molecule has 0 bridgehead atoms. The maximum absolute atomic E-state index is 5.83. The zero-order valence-electron chi connectivity index (χ0n) is 8.69. The van der Waals surface area contributed by atoms with E-state index in [1.54, 1.807) is 6.20 Å². The molecule has 0 amide bonds. The molecule has 0 radical (unpaired) electrons. The molecular weight excluding hydrogens is 176 g/mol. The van der Waals surface area contributed by atoms with Crippen LogP contribution in [-0.4, -0.2) is 15.0 Å². The second kappa shape index (κ2) is 4.09. The van der Waals surface area contributed by atoms with Crippen LogP contribution in [0.2, 0.25) is 0 Å². The Hall–Kier alpha value is -0.900. The van der Waals surface area contributed by atoms with Crippen LogP contribution in [0.1, 0.15) is 44.3 Å². The lowest BCUT2D eigenvalue weighted by molar-refractivity contribution is 0.407. The van der Waals surface area contributed by atoms with Crippen molar-refractivity contribution in [3.8, 4) is 0 Å². The molecule has 1 atom stereocenters. The fourth-order valence-electron chi connectivity index (χ4n) is 2.20. The van der Waals surface area contributed by atoms with Crippen molar-refractivity contribution >= 4 is 0 Å². The highest BCUT2D eigenvalue weighted by Gasteiger charge is 2.18. The molecule has 14 heavy (non-hydrogen) atoms. The van der Waals surface area contributed by atoms with Gasteiger partial charge in [0.1, 0.15) is 0 Å². The van der Waals surface area contributed by atoms with Crippen molar-refractivity contribution in [3.05, 3.63) is 11.9 Å². The Morgan fingerprint density at radius 3 is 2.93 bits per heavy atom. The number of hydrogen-bond acceptors (Lipinski definition) is 3. The summed E-state index contributed by atoms with van der Waals surface area (Å²) in [6.45, 7) is 2.97. The number of rotatable bonds is 3. The number of nitrogens with zero attached hydrogens (tertiary/aromatic N) is 3. The first-order valence-electron chi connectivity index (χ1n) is 5.41. The summed E-state index contributed by atoms with van der Waals surface area (Å²) in [6, 6.07) is 0.0337. The largest absolute Gasteiger partial charge is 0.323 e. The second-order valence-corrected chi connectivity index (χ2v) is 4.28. The Morgan fingerprint density at radius 1 is 1.57 bits per heavy atom. The van der Waals surface area contributed by atoms with E-state index < -0.39 is 0 Å². The van der Waals surface area contributed by atoms with Gasteiger partial charge in [0.05, 0.1) is 11.9 Å². The highest BCUT2D eigenvalue weighted by Crippen LogP contribution is 2.26. The van der Waals surface area contributed by atoms with Crippen molar-refractivity contribution in [2.75, 3.05) is 0 Å². The van der Waals surface area contributed by atoms with Crippen molar-refractivity contribution in [2.45, 2.75) is 45.2 Å². The fraction of sp³-hybridized carbons (Fsp3) is 0.800. The van der Waals surface area contributed by atoms with Crippen LogP contribution in [0.5, 0.6) is 0 Å². The van der Waals surface area contributed by atoms with Crippen molar-refractivity contribution in [3.63, 3.8) is 0 Å². The molecule has 2 N–H and O–H groups in total. The van der Waals surface area contributed by atoms with E-state index >= 15 is 0 Å². The zero-order valence-corrected chi connectivity index (χ0v) is 8.69. The minimum atomic E-state index is 0.0337. The van der Waals surface area contributed by atoms with Crippen LogP contribution in [0.15, 0.2) is 6.20 Å². The van der Waals surface area contributed by atoms with E-state index in [2.05, 4.69) is 10.3 Å². The lowest BCUT2D eigenvalue weighted by atomic mass is 10.1. The first-order valence-corrected chi connectivity index (χ1v) is 5.41. The zero-order chi connectivity index (χ0) is 9.97. The van der Waals surface area contributed by atoms with Gasteiger partial charge in [-0.05, 0) is 25.7 Å². The summed E-state index contributed by atoms with van der Waals surface area (Å²) in [6.07, 6.45) is 7.18. The number of nitrogens with two attached hydrogens (primary N) is 1. The monoisotopic (exact) mass is 194 g/mol. The molecule has 0 saturated heterocycles. The summed E-state index contributed by atoms with van der Waals surface area (Å²) < 4.78 is 1.97. The van der Waals surface area contributed by atoms with Crippen LogP contribution in [0, 0.1) is 5.92 Å². The van der Waals surface area contributed by atoms with E-state index in [-0.39, 0.29) is 6.04 Å². The highest BCUT2D eigenvalue weighted by molar-refractivity contribution is 4.99. The third-order valence-corrected chi connectivity index (χ3v) is 3.02. The van der Waals surface area contributed by atoms with E-state index in [1.807, 2.05) is 11.6 Å². The first kappa shape index (κ1) is 9.65. The predicted octanol–water partition coefficient (Wildman–Crippen LogP) is 1.49. The molecule has 1 heterocycles. The normalized spacial score (nSPS) is 20.1. The van der Waals surface area contributed by atoms with E-state index in [1.165, 1.54) is 25.7 Å². The summed E-state index contributed by atoms with van der Waals surface area (Å²) in [7, 11) is 0. The SMILES string of the molecule is C[C@@H](N)c1cnnn1CC1CCCC1. The molecule has 4 nitrogen and oxygen atoms in total.